The zero-order valence-corrected chi connectivity index (χ0v) is 9.68. The van der Waals surface area contributed by atoms with Gasteiger partial charge in [0.25, 0.3) is 0 Å². The predicted molar refractivity (Wildman–Crippen MR) is 63.4 cm³/mol. The van der Waals surface area contributed by atoms with Crippen molar-refractivity contribution in [3.8, 4) is 6.07 Å². The zero-order chi connectivity index (χ0) is 12.3. The number of nitrogens with one attached hydrogen (secondary N) is 1. The Morgan fingerprint density at radius 3 is 3.24 bits per heavy atom. The van der Waals surface area contributed by atoms with Gasteiger partial charge in [-0.15, -0.1) is 0 Å². The number of nitriles is 1. The molecule has 2 rings (SSSR count). The van der Waals surface area contributed by atoms with Crippen molar-refractivity contribution >= 4 is 11.7 Å². The van der Waals surface area contributed by atoms with E-state index in [-0.39, 0.29) is 11.9 Å². The summed E-state index contributed by atoms with van der Waals surface area (Å²) < 4.78 is 0. The molecule has 17 heavy (non-hydrogen) atoms. The van der Waals surface area contributed by atoms with Gasteiger partial charge in [-0.1, -0.05) is 0 Å². The number of carbonyl (C=O) groups is 1. The van der Waals surface area contributed by atoms with Crippen molar-refractivity contribution in [2.45, 2.75) is 18.9 Å². The van der Waals surface area contributed by atoms with E-state index in [1.165, 1.54) is 0 Å². The third-order valence-electron chi connectivity index (χ3n) is 2.98. The van der Waals surface area contributed by atoms with E-state index in [0.29, 0.717) is 11.4 Å². The number of aromatic nitrogens is 1. The lowest BCUT2D eigenvalue weighted by molar-refractivity contribution is -0.121. The fourth-order valence-corrected chi connectivity index (χ4v) is 2.17. The highest BCUT2D eigenvalue weighted by Crippen LogP contribution is 2.26. The molecule has 1 aromatic heterocycles. The number of rotatable bonds is 2. The minimum atomic E-state index is -0.206. The van der Waals surface area contributed by atoms with Gasteiger partial charge in [-0.05, 0) is 25.0 Å². The topological polar surface area (TPSA) is 69.0 Å². The van der Waals surface area contributed by atoms with Crippen molar-refractivity contribution in [2.24, 2.45) is 0 Å². The maximum atomic E-state index is 11.7. The van der Waals surface area contributed by atoms with E-state index in [2.05, 4.69) is 16.4 Å². The highest BCUT2D eigenvalue weighted by molar-refractivity contribution is 5.85. The third-order valence-corrected chi connectivity index (χ3v) is 2.98. The van der Waals surface area contributed by atoms with E-state index in [1.807, 2.05) is 4.90 Å². The summed E-state index contributed by atoms with van der Waals surface area (Å²) in [5.74, 6) is 0.596. The van der Waals surface area contributed by atoms with Crippen LogP contribution in [0.2, 0.25) is 0 Å². The van der Waals surface area contributed by atoms with Crippen molar-refractivity contribution in [3.63, 3.8) is 0 Å². The van der Waals surface area contributed by atoms with Crippen LogP contribution in [0.5, 0.6) is 0 Å². The Bertz CT molecular complexity index is 466. The highest BCUT2D eigenvalue weighted by Gasteiger charge is 2.32. The summed E-state index contributed by atoms with van der Waals surface area (Å²) in [6.07, 6.45) is 3.40. The lowest BCUT2D eigenvalue weighted by atomic mass is 10.2. The first-order valence-corrected chi connectivity index (χ1v) is 5.61. The molecule has 0 aromatic carbocycles. The molecule has 1 N–H and O–H groups in total. The van der Waals surface area contributed by atoms with Gasteiger partial charge < -0.3 is 10.2 Å². The van der Waals surface area contributed by atoms with Crippen molar-refractivity contribution in [1.82, 2.24) is 10.3 Å². The fraction of sp³-hybridized carbons (Fsp3) is 0.417. The minimum Gasteiger partial charge on any atom is -0.357 e. The molecule has 1 unspecified atom stereocenters. The lowest BCUT2D eigenvalue weighted by Crippen LogP contribution is -2.42. The summed E-state index contributed by atoms with van der Waals surface area (Å²) in [6.45, 7) is 0.768. The first-order valence-electron chi connectivity index (χ1n) is 5.61. The second-order valence-electron chi connectivity index (χ2n) is 3.95. The van der Waals surface area contributed by atoms with E-state index in [9.17, 15) is 4.79 Å². The van der Waals surface area contributed by atoms with E-state index < -0.39 is 0 Å². The molecule has 5 heteroatoms. The van der Waals surface area contributed by atoms with Crippen LogP contribution in [0.15, 0.2) is 18.3 Å². The van der Waals surface area contributed by atoms with Crippen molar-refractivity contribution in [2.75, 3.05) is 18.5 Å². The van der Waals surface area contributed by atoms with Crippen molar-refractivity contribution in [1.29, 1.82) is 5.26 Å². The summed E-state index contributed by atoms with van der Waals surface area (Å²) in [7, 11) is 1.63. The highest BCUT2D eigenvalue weighted by atomic mass is 16.2. The maximum absolute atomic E-state index is 11.7. The van der Waals surface area contributed by atoms with Gasteiger partial charge in [0.2, 0.25) is 5.91 Å². The SMILES string of the molecule is CNC(=O)C1CCCN1c1ncccc1C#N. The Morgan fingerprint density at radius 1 is 1.71 bits per heavy atom. The zero-order valence-electron chi connectivity index (χ0n) is 9.68. The second-order valence-corrected chi connectivity index (χ2v) is 3.95. The average molecular weight is 230 g/mol. The number of nitrogens with zero attached hydrogens (tertiary/aromatic N) is 3. The molecular formula is C12H14N4O. The van der Waals surface area contributed by atoms with Crippen LogP contribution in [0, 0.1) is 11.3 Å². The summed E-state index contributed by atoms with van der Waals surface area (Å²) in [5.41, 5.74) is 0.517. The number of carbonyl (C=O) groups excluding carboxylic acids is 1. The summed E-state index contributed by atoms with van der Waals surface area (Å²) in [6, 6.07) is 5.36. The van der Waals surface area contributed by atoms with Gasteiger partial charge in [-0.25, -0.2) is 4.98 Å². The number of hydrogen-bond donors (Lipinski definition) is 1. The van der Waals surface area contributed by atoms with E-state index in [4.69, 9.17) is 5.26 Å². The first-order chi connectivity index (χ1) is 8.27. The summed E-state index contributed by atoms with van der Waals surface area (Å²) in [5, 5.41) is 11.7. The molecule has 1 aromatic rings. The van der Waals surface area contributed by atoms with Crippen LogP contribution >= 0.6 is 0 Å². The molecule has 2 heterocycles. The van der Waals surface area contributed by atoms with E-state index >= 15 is 0 Å². The number of pyridine rings is 1. The van der Waals surface area contributed by atoms with Gasteiger partial charge in [-0.2, -0.15) is 5.26 Å². The van der Waals surface area contributed by atoms with Gasteiger partial charge in [0, 0.05) is 19.8 Å². The molecule has 5 nitrogen and oxygen atoms in total. The molecule has 0 saturated carbocycles. The lowest BCUT2D eigenvalue weighted by Gasteiger charge is -2.24. The number of hydrogen-bond acceptors (Lipinski definition) is 4. The van der Waals surface area contributed by atoms with Gasteiger partial charge >= 0.3 is 0 Å². The molecular weight excluding hydrogens is 216 g/mol. The van der Waals surface area contributed by atoms with Gasteiger partial charge in [-0.3, -0.25) is 4.79 Å². The van der Waals surface area contributed by atoms with Gasteiger partial charge in [0.1, 0.15) is 17.9 Å². The maximum Gasteiger partial charge on any atom is 0.242 e. The molecule has 88 valence electrons. The van der Waals surface area contributed by atoms with Crippen LogP contribution in [0.3, 0.4) is 0 Å². The standard InChI is InChI=1S/C12H14N4O/c1-14-12(17)10-5-3-7-16(10)11-9(8-13)4-2-6-15-11/h2,4,6,10H,3,5,7H2,1H3,(H,14,17). The molecule has 1 fully saturated rings. The molecule has 1 atom stereocenters. The monoisotopic (exact) mass is 230 g/mol. The van der Waals surface area contributed by atoms with Crippen LogP contribution in [0.4, 0.5) is 5.82 Å². The third kappa shape index (κ3) is 2.07. The van der Waals surface area contributed by atoms with Crippen molar-refractivity contribution < 1.29 is 4.79 Å². The number of likely N-dealkylation sites (N-methyl/N-ethyl adjacent to an activating group) is 1. The van der Waals surface area contributed by atoms with Gasteiger partial charge in [0.15, 0.2) is 0 Å². The molecule has 1 aliphatic rings. The molecule has 0 spiro atoms. The Hall–Kier alpha value is -2.09. The molecule has 0 aliphatic carbocycles. The molecule has 1 saturated heterocycles. The van der Waals surface area contributed by atoms with Crippen molar-refractivity contribution in [3.05, 3.63) is 23.9 Å². The molecule has 0 bridgehead atoms. The molecule has 1 aliphatic heterocycles. The van der Waals surface area contributed by atoms with E-state index in [1.54, 1.807) is 25.4 Å². The Morgan fingerprint density at radius 2 is 2.53 bits per heavy atom. The second kappa shape index (κ2) is 4.83. The van der Waals surface area contributed by atoms with Crippen LogP contribution in [-0.4, -0.2) is 30.5 Å². The number of anilines is 1. The molecule has 1 amide bonds. The quantitative estimate of drug-likeness (QED) is 0.810. The Balaban J connectivity index is 2.33. The Labute approximate surface area is 100 Å². The summed E-state index contributed by atoms with van der Waals surface area (Å²) in [4.78, 5) is 17.9. The number of amides is 1. The van der Waals surface area contributed by atoms with Gasteiger partial charge in [0.05, 0.1) is 5.56 Å². The van der Waals surface area contributed by atoms with Crippen LogP contribution < -0.4 is 10.2 Å². The van der Waals surface area contributed by atoms with Crippen LogP contribution in [-0.2, 0) is 4.79 Å². The smallest absolute Gasteiger partial charge is 0.242 e. The predicted octanol–water partition coefficient (Wildman–Crippen LogP) is 0.668. The average Bonchev–Trinajstić information content (AvgIpc) is 2.86. The normalized spacial score (nSPS) is 18.8. The van der Waals surface area contributed by atoms with E-state index in [0.717, 1.165) is 19.4 Å². The fourth-order valence-electron chi connectivity index (χ4n) is 2.17. The summed E-state index contributed by atoms with van der Waals surface area (Å²) >= 11 is 0. The first kappa shape index (κ1) is 11.4. The minimum absolute atomic E-state index is 0.0166. The molecule has 0 radical (unpaired) electrons. The van der Waals surface area contributed by atoms with Crippen LogP contribution in [0.25, 0.3) is 0 Å². The largest absolute Gasteiger partial charge is 0.357 e. The Kier molecular flexibility index (Phi) is 3.24. The van der Waals surface area contributed by atoms with Crippen LogP contribution in [0.1, 0.15) is 18.4 Å².